The highest BCUT2D eigenvalue weighted by Gasteiger charge is 2.35. The van der Waals surface area contributed by atoms with E-state index >= 15 is 0 Å². The Labute approximate surface area is 189 Å². The molecule has 0 unspecified atom stereocenters. The van der Waals surface area contributed by atoms with Gasteiger partial charge in [0.05, 0.1) is 0 Å². The highest BCUT2D eigenvalue weighted by Crippen LogP contribution is 2.37. The van der Waals surface area contributed by atoms with Crippen molar-refractivity contribution in [2.45, 2.75) is 32.7 Å². The van der Waals surface area contributed by atoms with Crippen molar-refractivity contribution < 1.29 is 14.7 Å². The zero-order chi connectivity index (χ0) is 23.4. The van der Waals surface area contributed by atoms with E-state index < -0.39 is 0 Å². The van der Waals surface area contributed by atoms with E-state index in [1.165, 1.54) is 0 Å². The van der Waals surface area contributed by atoms with E-state index in [1.54, 1.807) is 25.1 Å². The molecule has 0 spiro atoms. The monoisotopic (exact) mass is 439 g/mol. The minimum absolute atomic E-state index is 0.0424. The van der Waals surface area contributed by atoms with Gasteiger partial charge in [-0.3, -0.25) is 14.4 Å². The molecule has 7 heteroatoms. The van der Waals surface area contributed by atoms with E-state index in [-0.39, 0.29) is 17.9 Å². The summed E-state index contributed by atoms with van der Waals surface area (Å²) >= 11 is 0. The first-order chi connectivity index (χ1) is 15.2. The topological polar surface area (TPSA) is 82.9 Å². The second-order valence-electron chi connectivity index (χ2n) is 9.38. The zero-order valence-corrected chi connectivity index (χ0v) is 19.3. The van der Waals surface area contributed by atoms with E-state index in [9.17, 15) is 9.59 Å². The van der Waals surface area contributed by atoms with Crippen LogP contribution < -0.4 is 5.56 Å². The van der Waals surface area contributed by atoms with Crippen molar-refractivity contribution in [1.29, 1.82) is 0 Å². The molecule has 0 saturated carbocycles. The van der Waals surface area contributed by atoms with Crippen molar-refractivity contribution >= 4 is 12.4 Å². The van der Waals surface area contributed by atoms with Gasteiger partial charge in [0.2, 0.25) is 0 Å². The average molecular weight is 440 g/mol. The number of aromatic nitrogens is 1. The first-order valence-electron chi connectivity index (χ1n) is 11.1. The molecule has 32 heavy (non-hydrogen) atoms. The van der Waals surface area contributed by atoms with Gasteiger partial charge in [0.1, 0.15) is 0 Å². The first-order valence-corrected chi connectivity index (χ1v) is 11.1. The van der Waals surface area contributed by atoms with Crippen LogP contribution in [0.3, 0.4) is 0 Å². The quantitative estimate of drug-likeness (QED) is 0.741. The van der Waals surface area contributed by atoms with Crippen LogP contribution in [-0.2, 0) is 11.3 Å². The van der Waals surface area contributed by atoms with Crippen molar-refractivity contribution in [2.24, 2.45) is 11.8 Å². The van der Waals surface area contributed by atoms with Crippen molar-refractivity contribution in [3.05, 3.63) is 58.0 Å². The fourth-order valence-electron chi connectivity index (χ4n) is 5.04. The maximum Gasteiger partial charge on any atom is 0.290 e. The number of nitrogens with zero attached hydrogens (tertiary/aromatic N) is 3. The van der Waals surface area contributed by atoms with Gasteiger partial charge >= 0.3 is 0 Å². The number of fused-ring (bicyclic) bond motifs is 4. The summed E-state index contributed by atoms with van der Waals surface area (Å²) < 4.78 is 1.98. The highest BCUT2D eigenvalue weighted by molar-refractivity contribution is 6.00. The predicted molar refractivity (Wildman–Crippen MR) is 125 cm³/mol. The molecular formula is C25H33N3O4. The number of pyridine rings is 1. The lowest BCUT2D eigenvalue weighted by molar-refractivity contribution is -0.122. The van der Waals surface area contributed by atoms with Crippen LogP contribution >= 0.6 is 0 Å². The molecule has 1 N–H and O–H groups in total. The fraction of sp³-hybridized carbons (Fsp3) is 0.480. The van der Waals surface area contributed by atoms with Gasteiger partial charge in [-0.15, -0.1) is 0 Å². The summed E-state index contributed by atoms with van der Waals surface area (Å²) in [4.78, 5) is 38.2. The third-order valence-electron chi connectivity index (χ3n) is 6.13. The molecule has 1 aromatic heterocycles. The Morgan fingerprint density at radius 3 is 2.53 bits per heavy atom. The molecule has 2 aliphatic rings. The summed E-state index contributed by atoms with van der Waals surface area (Å²) in [6, 6.07) is 11.5. The SMILES string of the molecule is CC(C)CN1C[C@@H]2C[C@H](C1)c1cc(-c3ccccc3C(=O)N(C)C)cc(=O)n1C2.O=CO. The van der Waals surface area contributed by atoms with Crippen LogP contribution in [0.25, 0.3) is 11.1 Å². The Morgan fingerprint density at radius 1 is 1.19 bits per heavy atom. The fourth-order valence-corrected chi connectivity index (χ4v) is 5.04. The van der Waals surface area contributed by atoms with E-state index in [0.717, 1.165) is 49.4 Å². The Kier molecular flexibility index (Phi) is 7.51. The number of amides is 1. The van der Waals surface area contributed by atoms with E-state index in [4.69, 9.17) is 9.90 Å². The lowest BCUT2D eigenvalue weighted by Gasteiger charge is -2.43. The Balaban J connectivity index is 0.000000913. The van der Waals surface area contributed by atoms with E-state index in [2.05, 4.69) is 24.8 Å². The largest absolute Gasteiger partial charge is 0.483 e. The molecule has 3 heterocycles. The summed E-state index contributed by atoms with van der Waals surface area (Å²) in [6.45, 7) is 8.28. The number of piperidine rings is 1. The molecule has 2 aromatic rings. The highest BCUT2D eigenvalue weighted by atomic mass is 16.3. The number of carbonyl (C=O) groups is 2. The van der Waals surface area contributed by atoms with Crippen LogP contribution in [0.1, 0.15) is 42.2 Å². The summed E-state index contributed by atoms with van der Waals surface area (Å²) in [6.07, 6.45) is 1.15. The van der Waals surface area contributed by atoms with Gasteiger partial charge in [-0.05, 0) is 41.5 Å². The molecular weight excluding hydrogens is 406 g/mol. The lowest BCUT2D eigenvalue weighted by atomic mass is 9.82. The van der Waals surface area contributed by atoms with Gasteiger partial charge in [-0.25, -0.2) is 0 Å². The molecule has 2 atom stereocenters. The van der Waals surface area contributed by atoms with Gasteiger partial charge in [-0.2, -0.15) is 0 Å². The second-order valence-corrected chi connectivity index (χ2v) is 9.38. The second kappa shape index (κ2) is 10.1. The molecule has 1 fully saturated rings. The number of rotatable bonds is 4. The van der Waals surface area contributed by atoms with E-state index in [1.807, 2.05) is 28.8 Å². The third kappa shape index (κ3) is 5.10. The summed E-state index contributed by atoms with van der Waals surface area (Å²) in [7, 11) is 3.51. The van der Waals surface area contributed by atoms with Crippen molar-refractivity contribution in [3.8, 4) is 11.1 Å². The Morgan fingerprint density at radius 2 is 1.88 bits per heavy atom. The number of hydrogen-bond donors (Lipinski definition) is 1. The molecule has 0 aliphatic carbocycles. The van der Waals surface area contributed by atoms with Crippen LogP contribution in [-0.4, -0.2) is 65.6 Å². The molecule has 4 rings (SSSR count). The van der Waals surface area contributed by atoms with Crippen LogP contribution in [0.4, 0.5) is 0 Å². The molecule has 1 aromatic carbocycles. The molecule has 7 nitrogen and oxygen atoms in total. The number of carbonyl (C=O) groups excluding carboxylic acids is 1. The minimum atomic E-state index is -0.250. The van der Waals surface area contributed by atoms with Crippen LogP contribution in [0, 0.1) is 11.8 Å². The van der Waals surface area contributed by atoms with Crippen LogP contribution in [0.15, 0.2) is 41.2 Å². The van der Waals surface area contributed by atoms with Crippen molar-refractivity contribution in [3.63, 3.8) is 0 Å². The van der Waals surface area contributed by atoms with Crippen LogP contribution in [0.2, 0.25) is 0 Å². The number of hydrogen-bond acceptors (Lipinski definition) is 4. The van der Waals surface area contributed by atoms with Crippen molar-refractivity contribution in [2.75, 3.05) is 33.7 Å². The Hall–Kier alpha value is -2.93. The maximum absolute atomic E-state index is 13.0. The van der Waals surface area contributed by atoms with Gasteiger partial charge < -0.3 is 19.5 Å². The molecule has 0 radical (unpaired) electrons. The van der Waals surface area contributed by atoms with E-state index in [0.29, 0.717) is 23.3 Å². The molecule has 172 valence electrons. The zero-order valence-electron chi connectivity index (χ0n) is 19.3. The summed E-state index contributed by atoms with van der Waals surface area (Å²) in [5.41, 5.74) is 3.51. The first kappa shape index (κ1) is 23.7. The van der Waals surface area contributed by atoms with Crippen molar-refractivity contribution in [1.82, 2.24) is 14.4 Å². The molecule has 1 saturated heterocycles. The summed E-state index contributed by atoms with van der Waals surface area (Å²) in [5, 5.41) is 6.89. The Bertz CT molecular complexity index is 1030. The normalized spacial score (nSPS) is 19.5. The smallest absolute Gasteiger partial charge is 0.290 e. The lowest BCUT2D eigenvalue weighted by Crippen LogP contribution is -2.48. The standard InChI is InChI=1S/C24H31N3O2.CH2O2/c1-16(2)12-26-13-17-9-19(15-26)22-10-18(11-23(28)27(22)14-17)20-7-5-6-8-21(20)24(29)25(3)4;2-1-3/h5-8,10-11,16-17,19H,9,12-15H2,1-4H3;1H,(H,2,3)/t17-,19+;/m0./s1. The van der Waals surface area contributed by atoms with Crippen LogP contribution in [0.5, 0.6) is 0 Å². The molecule has 2 aliphatic heterocycles. The molecule has 1 amide bonds. The average Bonchev–Trinajstić information content (AvgIpc) is 2.74. The van der Waals surface area contributed by atoms with Gasteiger partial charge in [0.15, 0.2) is 0 Å². The van der Waals surface area contributed by atoms with Gasteiger partial charge in [0.25, 0.3) is 17.9 Å². The molecule has 2 bridgehead atoms. The number of benzene rings is 1. The number of likely N-dealkylation sites (tertiary alicyclic amines) is 1. The summed E-state index contributed by atoms with van der Waals surface area (Å²) in [5.74, 6) is 1.53. The predicted octanol–water partition coefficient (Wildman–Crippen LogP) is 2.99. The van der Waals surface area contributed by atoms with Gasteiger partial charge in [-0.1, -0.05) is 32.0 Å². The third-order valence-corrected chi connectivity index (χ3v) is 6.13. The number of carboxylic acid groups (broad SMARTS) is 1. The maximum atomic E-state index is 13.0. The minimum Gasteiger partial charge on any atom is -0.483 e. The van der Waals surface area contributed by atoms with Gasteiger partial charge in [0, 0.05) is 63.5 Å².